The molecule has 6 fully saturated rings. The molecule has 0 saturated carbocycles. The largest absolute Gasteiger partial charge is 0.444 e. The molecular formula is C60H78BrN11O6. The monoisotopic (exact) mass is 1130 g/mol. The third kappa shape index (κ3) is 12.3. The van der Waals surface area contributed by atoms with Crippen molar-refractivity contribution in [3.05, 3.63) is 106 Å². The summed E-state index contributed by atoms with van der Waals surface area (Å²) >= 11 is 3.44. The minimum absolute atomic E-state index is 0.161. The van der Waals surface area contributed by atoms with Gasteiger partial charge in [0.25, 0.3) is 0 Å². The molecule has 78 heavy (non-hydrogen) atoms. The predicted molar refractivity (Wildman–Crippen MR) is 306 cm³/mol. The molecule has 9 atom stereocenters. The van der Waals surface area contributed by atoms with Crippen LogP contribution in [-0.4, -0.2) is 111 Å². The van der Waals surface area contributed by atoms with Gasteiger partial charge in [-0.1, -0.05) is 6.07 Å². The van der Waals surface area contributed by atoms with Gasteiger partial charge in [-0.05, 0) is 209 Å². The molecule has 17 nitrogen and oxygen atoms in total. The molecule has 0 aliphatic carbocycles. The number of hydrogen-bond acceptors (Lipinski definition) is 14. The number of hydrogen-bond donors (Lipinski definition) is 3. The number of carbonyl (C=O) groups is 3. The summed E-state index contributed by atoms with van der Waals surface area (Å²) in [6.07, 6.45) is 17.6. The molecule has 0 radical (unpaired) electrons. The molecule has 6 aliphatic rings. The van der Waals surface area contributed by atoms with Crippen molar-refractivity contribution in [3.8, 4) is 22.3 Å². The number of amides is 3. The van der Waals surface area contributed by atoms with E-state index in [0.29, 0.717) is 23.4 Å². The van der Waals surface area contributed by atoms with Crippen LogP contribution in [-0.2, 0) is 14.2 Å². The van der Waals surface area contributed by atoms with E-state index in [1.807, 2.05) is 146 Å². The van der Waals surface area contributed by atoms with E-state index in [4.69, 9.17) is 31.4 Å². The van der Waals surface area contributed by atoms with Gasteiger partial charge in [-0.3, -0.25) is 9.97 Å². The minimum Gasteiger partial charge on any atom is -0.444 e. The molecule has 6 bridgehead atoms. The zero-order chi connectivity index (χ0) is 56.2. The Morgan fingerprint density at radius 1 is 0.487 bits per heavy atom. The summed E-state index contributed by atoms with van der Waals surface area (Å²) in [7, 11) is 0. The van der Waals surface area contributed by atoms with E-state index >= 15 is 0 Å². The summed E-state index contributed by atoms with van der Waals surface area (Å²) in [5, 5.41) is 0. The SMILES string of the molecule is CC(C)(C)OC(=O)N1C2CCC1C(c1cnc(N)c(Br)c1)C2.Cc1cc(-c2cc(C3CC4CCC3N4C(=O)OC(C)(C)C)cnc2N)ccn1.Cc1ccc(-c2cc(C3CC4CCC3N4C(=O)OC(C)(C)C)cnc2N)cn1. The number of pyridine rings is 5. The van der Waals surface area contributed by atoms with Crippen LogP contribution in [0.1, 0.15) is 166 Å². The third-order valence-electron chi connectivity index (χ3n) is 15.9. The first-order valence-corrected chi connectivity index (χ1v) is 28.3. The summed E-state index contributed by atoms with van der Waals surface area (Å²) in [6, 6.07) is 15.6. The number of halogens is 1. The number of aryl methyl sites for hydroxylation is 2. The van der Waals surface area contributed by atoms with Crippen molar-refractivity contribution in [1.29, 1.82) is 0 Å². The summed E-state index contributed by atoms with van der Waals surface area (Å²) in [5.41, 5.74) is 25.8. The van der Waals surface area contributed by atoms with E-state index in [0.717, 1.165) is 113 Å². The van der Waals surface area contributed by atoms with Crippen LogP contribution in [0.15, 0.2) is 77.9 Å². The molecule has 5 aromatic heterocycles. The van der Waals surface area contributed by atoms with Crippen molar-refractivity contribution in [2.75, 3.05) is 17.2 Å². The van der Waals surface area contributed by atoms with Crippen LogP contribution in [0.5, 0.6) is 0 Å². The van der Waals surface area contributed by atoms with Gasteiger partial charge in [0.15, 0.2) is 0 Å². The van der Waals surface area contributed by atoms with Gasteiger partial charge in [-0.2, -0.15) is 0 Å². The van der Waals surface area contributed by atoms with Crippen molar-refractivity contribution in [3.63, 3.8) is 0 Å². The maximum absolute atomic E-state index is 12.7. The van der Waals surface area contributed by atoms with E-state index in [9.17, 15) is 14.4 Å². The summed E-state index contributed by atoms with van der Waals surface area (Å²) < 4.78 is 17.7. The lowest BCUT2D eigenvalue weighted by molar-refractivity contribution is 0.0201. The Morgan fingerprint density at radius 2 is 0.885 bits per heavy atom. The second kappa shape index (κ2) is 21.9. The number of carbonyl (C=O) groups excluding carboxylic acids is 3. The molecule has 6 N–H and O–H groups in total. The molecule has 18 heteroatoms. The first-order valence-electron chi connectivity index (χ1n) is 27.5. The lowest BCUT2D eigenvalue weighted by Gasteiger charge is -2.28. The maximum atomic E-state index is 12.7. The van der Waals surface area contributed by atoms with Gasteiger partial charge in [0.2, 0.25) is 0 Å². The topological polar surface area (TPSA) is 231 Å². The van der Waals surface area contributed by atoms with E-state index in [1.165, 1.54) is 0 Å². The normalized spacial score (nSPS) is 24.8. The number of ether oxygens (including phenoxy) is 3. The fourth-order valence-corrected chi connectivity index (χ4v) is 13.1. The lowest BCUT2D eigenvalue weighted by atomic mass is 9.84. The highest BCUT2D eigenvalue weighted by Gasteiger charge is 2.53. The van der Waals surface area contributed by atoms with Crippen molar-refractivity contribution in [2.45, 2.75) is 205 Å². The molecule has 6 saturated heterocycles. The molecule has 11 rings (SSSR count). The molecule has 9 unspecified atom stereocenters. The van der Waals surface area contributed by atoms with Crippen LogP contribution in [0.25, 0.3) is 22.3 Å². The van der Waals surface area contributed by atoms with Crippen LogP contribution in [0.3, 0.4) is 0 Å². The van der Waals surface area contributed by atoms with Crippen LogP contribution in [0.4, 0.5) is 31.8 Å². The van der Waals surface area contributed by atoms with Gasteiger partial charge in [0.05, 0.1) is 4.47 Å². The Bertz CT molecular complexity index is 3030. The number of aromatic nitrogens is 5. The van der Waals surface area contributed by atoms with Crippen molar-refractivity contribution in [2.24, 2.45) is 0 Å². The number of fused-ring (bicyclic) bond motifs is 6. The Hall–Kier alpha value is -6.56. The molecule has 11 heterocycles. The fourth-order valence-electron chi connectivity index (χ4n) is 12.7. The molecule has 3 amide bonds. The Labute approximate surface area is 467 Å². The second-order valence-electron chi connectivity index (χ2n) is 25.0. The first kappa shape index (κ1) is 56.2. The van der Waals surface area contributed by atoms with Crippen LogP contribution in [0, 0.1) is 13.8 Å². The van der Waals surface area contributed by atoms with Gasteiger partial charge in [-0.25, -0.2) is 29.3 Å². The number of nitrogen functional groups attached to an aromatic ring is 3. The quantitative estimate of drug-likeness (QED) is 0.139. The fraction of sp³-hybridized carbons (Fsp3) is 0.533. The number of rotatable bonds is 5. The molecule has 0 spiro atoms. The van der Waals surface area contributed by atoms with Crippen LogP contribution < -0.4 is 17.2 Å². The summed E-state index contributed by atoms with van der Waals surface area (Å²) in [5.74, 6) is 2.35. The second-order valence-corrected chi connectivity index (χ2v) is 25.9. The summed E-state index contributed by atoms with van der Waals surface area (Å²) in [6.45, 7) is 21.1. The minimum atomic E-state index is -0.483. The number of nitrogens with zero attached hydrogens (tertiary/aromatic N) is 8. The third-order valence-corrected chi connectivity index (χ3v) is 16.5. The molecule has 5 aromatic rings. The van der Waals surface area contributed by atoms with E-state index < -0.39 is 16.8 Å². The van der Waals surface area contributed by atoms with Gasteiger partial charge in [0.1, 0.15) is 34.3 Å². The van der Waals surface area contributed by atoms with Crippen LogP contribution >= 0.6 is 15.9 Å². The predicted octanol–water partition coefficient (Wildman–Crippen LogP) is 12.3. The average molecular weight is 1130 g/mol. The Morgan fingerprint density at radius 3 is 1.26 bits per heavy atom. The molecular weight excluding hydrogens is 1050 g/mol. The standard InChI is InChI=1S/2C22H28N4O2.C16H22BrN3O2/c1-13-9-14(7-8-24-13)18-10-15(12-25-20(18)23)17-11-16-5-6-19(17)26(16)21(27)28-22(2,3)4;1-13-5-6-14(11-24-13)18-9-15(12-25-20(18)23)17-10-16-7-8-19(17)26(16)21(27)28-22(2,3)4;1-16(2,3)22-15(21)20-10-4-5-13(20)11(7-10)9-6-12(17)14(18)19-8-9/h7-10,12,16-17,19H,5-6,11H2,1-4H3,(H2,23,25);5-6,9,11-12,16-17,19H,7-8,10H2,1-4H3,(H2,23,25);6,8,10-11,13H,4-5,7H2,1-3H3,(H2,18,19). The van der Waals surface area contributed by atoms with E-state index in [2.05, 4.69) is 53.0 Å². The highest BCUT2D eigenvalue weighted by molar-refractivity contribution is 9.10. The number of anilines is 3. The highest BCUT2D eigenvalue weighted by Crippen LogP contribution is 2.51. The van der Waals surface area contributed by atoms with Crippen molar-refractivity contribution >= 4 is 51.7 Å². The van der Waals surface area contributed by atoms with Crippen LogP contribution in [0.2, 0.25) is 0 Å². The lowest BCUT2D eigenvalue weighted by Crippen LogP contribution is -2.40. The molecule has 416 valence electrons. The Kier molecular flexibility index (Phi) is 15.8. The Balaban J connectivity index is 0.000000143. The number of nitrogens with two attached hydrogens (primary N) is 3. The zero-order valence-corrected chi connectivity index (χ0v) is 48.7. The van der Waals surface area contributed by atoms with Crippen molar-refractivity contribution < 1.29 is 28.6 Å². The maximum Gasteiger partial charge on any atom is 0.410 e. The smallest absolute Gasteiger partial charge is 0.410 e. The van der Waals surface area contributed by atoms with Gasteiger partial charge in [0, 0.05) is 113 Å². The first-order chi connectivity index (χ1) is 36.7. The van der Waals surface area contributed by atoms with Crippen molar-refractivity contribution in [1.82, 2.24) is 39.6 Å². The summed E-state index contributed by atoms with van der Waals surface area (Å²) in [4.78, 5) is 65.6. The average Bonchev–Trinajstić information content (AvgIpc) is 4.42. The van der Waals surface area contributed by atoms with Gasteiger partial charge in [-0.15, -0.1) is 0 Å². The van der Waals surface area contributed by atoms with Gasteiger partial charge < -0.3 is 46.1 Å². The zero-order valence-electron chi connectivity index (χ0n) is 47.1. The van der Waals surface area contributed by atoms with E-state index in [1.54, 1.807) is 6.20 Å². The van der Waals surface area contributed by atoms with Gasteiger partial charge >= 0.3 is 18.3 Å². The molecule has 6 aliphatic heterocycles. The van der Waals surface area contributed by atoms with E-state index in [-0.39, 0.29) is 66.4 Å². The highest BCUT2D eigenvalue weighted by atomic mass is 79.9. The molecule has 0 aromatic carbocycles.